The van der Waals surface area contributed by atoms with E-state index in [1.165, 1.54) is 11.1 Å². The number of carbonyl (C=O) groups is 1. The van der Waals surface area contributed by atoms with Gasteiger partial charge in [-0.3, -0.25) is 4.79 Å². The van der Waals surface area contributed by atoms with Gasteiger partial charge in [-0.15, -0.1) is 6.58 Å². The predicted molar refractivity (Wildman–Crippen MR) is 93.2 cm³/mol. The highest BCUT2D eigenvalue weighted by molar-refractivity contribution is 5.87. The molecule has 3 nitrogen and oxygen atoms in total. The molecule has 1 unspecified atom stereocenters. The predicted octanol–water partition coefficient (Wildman–Crippen LogP) is 3.94. The van der Waals surface area contributed by atoms with E-state index in [0.29, 0.717) is 36.6 Å². The molecule has 0 aliphatic heterocycles. The first-order valence-electron chi connectivity index (χ1n) is 9.39. The molecule has 0 heterocycles. The van der Waals surface area contributed by atoms with Crippen LogP contribution in [-0.2, 0) is 9.53 Å². The summed E-state index contributed by atoms with van der Waals surface area (Å²) in [6.45, 7) is 6.23. The Bertz CT molecular complexity index is 631. The quantitative estimate of drug-likeness (QED) is 0.630. The van der Waals surface area contributed by atoms with Crippen molar-refractivity contribution in [2.24, 2.45) is 23.2 Å². The number of Topliss-reactive ketones (excluding diaryl/α,β-unsaturated/α-hetero) is 1. The summed E-state index contributed by atoms with van der Waals surface area (Å²) in [4.78, 5) is 12.4. The fraction of sp³-hybridized carbons (Fsp3) is 0.667. The molecule has 4 rings (SSSR count). The Morgan fingerprint density at radius 2 is 2.21 bits per heavy atom. The number of ether oxygens (including phenoxy) is 1. The summed E-state index contributed by atoms with van der Waals surface area (Å²) < 4.78 is 5.58. The largest absolute Gasteiger partial charge is 0.362 e. The molecule has 0 aromatic rings. The van der Waals surface area contributed by atoms with Crippen LogP contribution >= 0.6 is 0 Å². The number of allylic oxidation sites excluding steroid dienone is 2. The van der Waals surface area contributed by atoms with Crippen LogP contribution in [-0.4, -0.2) is 23.3 Å². The van der Waals surface area contributed by atoms with Crippen LogP contribution < -0.4 is 0 Å². The van der Waals surface area contributed by atoms with Crippen molar-refractivity contribution in [1.82, 2.24) is 0 Å². The van der Waals surface area contributed by atoms with Crippen molar-refractivity contribution in [1.29, 1.82) is 0 Å². The molecule has 3 saturated carbocycles. The van der Waals surface area contributed by atoms with Crippen LogP contribution in [0.3, 0.4) is 0 Å². The summed E-state index contributed by atoms with van der Waals surface area (Å²) in [5.41, 5.74) is 2.63. The Hall–Kier alpha value is -1.19. The lowest BCUT2D eigenvalue weighted by Gasteiger charge is -2.50. The summed E-state index contributed by atoms with van der Waals surface area (Å²) >= 11 is 0. The number of aliphatic hydroxyl groups is 1. The van der Waals surface area contributed by atoms with Crippen LogP contribution in [0.5, 0.6) is 0 Å². The number of rotatable bonds is 3. The second kappa shape index (κ2) is 5.67. The first kappa shape index (κ1) is 16.3. The van der Waals surface area contributed by atoms with Gasteiger partial charge < -0.3 is 9.84 Å². The van der Waals surface area contributed by atoms with E-state index in [1.54, 1.807) is 6.08 Å². The van der Waals surface area contributed by atoms with Gasteiger partial charge >= 0.3 is 0 Å². The third kappa shape index (κ3) is 2.36. The molecular formula is C21H28O3. The standard InChI is InChI=1S/C21H28O3/c1-3-12-24-21(23)11-9-15-14(13-21)4-5-17-16(15)8-10-20(2)18(17)6-7-19(20)22/h3,9,13,16-18,23H,1,4-8,10-12H2,2H3/t16-,17-,18+,20+,21?/m1/s1. The SMILES string of the molecule is C=CCOC1(O)C=C2CC[C@@H]3[C@H](CC[C@]4(C)C(=O)CC[C@@H]34)C2=CC1. The Balaban J connectivity index is 1.58. The van der Waals surface area contributed by atoms with Crippen LogP contribution in [0.1, 0.15) is 51.9 Å². The smallest absolute Gasteiger partial charge is 0.189 e. The fourth-order valence-corrected chi connectivity index (χ4v) is 5.88. The van der Waals surface area contributed by atoms with E-state index in [4.69, 9.17) is 4.74 Å². The van der Waals surface area contributed by atoms with Gasteiger partial charge in [-0.1, -0.05) is 19.1 Å². The monoisotopic (exact) mass is 328 g/mol. The van der Waals surface area contributed by atoms with Gasteiger partial charge in [-0.2, -0.15) is 0 Å². The lowest BCUT2D eigenvalue weighted by molar-refractivity contribution is -0.157. The van der Waals surface area contributed by atoms with Crippen LogP contribution in [0.15, 0.2) is 36.0 Å². The molecule has 4 aliphatic rings. The molecule has 0 aromatic heterocycles. The number of ketones is 1. The number of hydrogen-bond acceptors (Lipinski definition) is 3. The fourth-order valence-electron chi connectivity index (χ4n) is 5.88. The highest BCUT2D eigenvalue weighted by Gasteiger charge is 2.55. The molecule has 0 spiro atoms. The summed E-state index contributed by atoms with van der Waals surface area (Å²) in [6, 6.07) is 0. The molecule has 3 heteroatoms. The van der Waals surface area contributed by atoms with Gasteiger partial charge in [0.2, 0.25) is 0 Å². The van der Waals surface area contributed by atoms with Crippen LogP contribution in [0, 0.1) is 23.2 Å². The Labute approximate surface area is 144 Å². The molecule has 0 saturated heterocycles. The molecule has 24 heavy (non-hydrogen) atoms. The molecule has 3 fully saturated rings. The van der Waals surface area contributed by atoms with Crippen molar-refractivity contribution in [3.63, 3.8) is 0 Å². The maximum atomic E-state index is 12.4. The highest BCUT2D eigenvalue weighted by Crippen LogP contribution is 2.60. The normalized spacial score (nSPS) is 44.1. The topological polar surface area (TPSA) is 46.5 Å². The molecule has 5 atom stereocenters. The van der Waals surface area contributed by atoms with Crippen LogP contribution in [0.25, 0.3) is 0 Å². The summed E-state index contributed by atoms with van der Waals surface area (Å²) in [5, 5.41) is 10.6. The number of fused-ring (bicyclic) bond motifs is 5. The van der Waals surface area contributed by atoms with Gasteiger partial charge in [-0.05, 0) is 67.1 Å². The van der Waals surface area contributed by atoms with Crippen molar-refractivity contribution in [3.8, 4) is 0 Å². The van der Waals surface area contributed by atoms with E-state index in [0.717, 1.165) is 38.5 Å². The van der Waals surface area contributed by atoms with Crippen LogP contribution in [0.4, 0.5) is 0 Å². The Morgan fingerprint density at radius 3 is 3.00 bits per heavy atom. The molecule has 1 N–H and O–H groups in total. The van der Waals surface area contributed by atoms with E-state index < -0.39 is 5.79 Å². The van der Waals surface area contributed by atoms with Gasteiger partial charge in [0.25, 0.3) is 0 Å². The van der Waals surface area contributed by atoms with Gasteiger partial charge in [0, 0.05) is 18.3 Å². The average Bonchev–Trinajstić information content (AvgIpc) is 2.88. The second-order valence-corrected chi connectivity index (χ2v) is 8.31. The zero-order chi connectivity index (χ0) is 16.9. The van der Waals surface area contributed by atoms with Crippen molar-refractivity contribution >= 4 is 5.78 Å². The summed E-state index contributed by atoms with van der Waals surface area (Å²) in [7, 11) is 0. The molecule has 0 bridgehead atoms. The van der Waals surface area contributed by atoms with E-state index in [-0.39, 0.29) is 5.41 Å². The maximum absolute atomic E-state index is 12.4. The van der Waals surface area contributed by atoms with Gasteiger partial charge in [0.05, 0.1) is 6.61 Å². The Kier molecular flexibility index (Phi) is 3.85. The Morgan fingerprint density at radius 1 is 1.38 bits per heavy atom. The van der Waals surface area contributed by atoms with Crippen molar-refractivity contribution in [2.75, 3.05) is 6.61 Å². The minimum Gasteiger partial charge on any atom is -0.362 e. The van der Waals surface area contributed by atoms with Gasteiger partial charge in [0.15, 0.2) is 5.79 Å². The highest BCUT2D eigenvalue weighted by atomic mass is 16.6. The van der Waals surface area contributed by atoms with E-state index in [1.807, 2.05) is 6.08 Å². The average molecular weight is 328 g/mol. The molecular weight excluding hydrogens is 300 g/mol. The second-order valence-electron chi connectivity index (χ2n) is 8.31. The summed E-state index contributed by atoms with van der Waals surface area (Å²) in [6.07, 6.45) is 12.5. The molecule has 0 amide bonds. The summed E-state index contributed by atoms with van der Waals surface area (Å²) in [5.74, 6) is 1.09. The van der Waals surface area contributed by atoms with Crippen molar-refractivity contribution < 1.29 is 14.6 Å². The van der Waals surface area contributed by atoms with Gasteiger partial charge in [-0.25, -0.2) is 0 Å². The lowest BCUT2D eigenvalue weighted by Crippen LogP contribution is -2.44. The first-order chi connectivity index (χ1) is 11.5. The lowest BCUT2D eigenvalue weighted by atomic mass is 9.54. The first-order valence-corrected chi connectivity index (χ1v) is 9.39. The number of hydrogen-bond donors (Lipinski definition) is 1. The third-order valence-electron chi connectivity index (χ3n) is 7.13. The van der Waals surface area contributed by atoms with Crippen LogP contribution in [0.2, 0.25) is 0 Å². The molecule has 4 aliphatic carbocycles. The minimum atomic E-state index is -1.17. The molecule has 0 aromatic carbocycles. The van der Waals surface area contributed by atoms with Crippen molar-refractivity contribution in [3.05, 3.63) is 36.0 Å². The maximum Gasteiger partial charge on any atom is 0.189 e. The zero-order valence-electron chi connectivity index (χ0n) is 14.6. The number of carbonyl (C=O) groups excluding carboxylic acids is 1. The molecule has 0 radical (unpaired) electrons. The van der Waals surface area contributed by atoms with E-state index >= 15 is 0 Å². The van der Waals surface area contributed by atoms with E-state index in [2.05, 4.69) is 19.6 Å². The minimum absolute atomic E-state index is 0.0641. The zero-order valence-corrected chi connectivity index (χ0v) is 14.6. The van der Waals surface area contributed by atoms with E-state index in [9.17, 15) is 9.90 Å². The molecule has 130 valence electrons. The van der Waals surface area contributed by atoms with Gasteiger partial charge in [0.1, 0.15) is 5.78 Å². The van der Waals surface area contributed by atoms with Crippen molar-refractivity contribution in [2.45, 2.75) is 57.7 Å². The third-order valence-corrected chi connectivity index (χ3v) is 7.13.